The van der Waals surface area contributed by atoms with Crippen LogP contribution in [0.1, 0.15) is 51.2 Å². The second-order valence-electron chi connectivity index (χ2n) is 11.8. The first-order chi connectivity index (χ1) is 19.1. The Morgan fingerprint density at radius 2 is 1.82 bits per heavy atom. The number of aliphatic hydroxyl groups excluding tert-OH is 1. The Hall–Kier alpha value is -2.58. The maximum atomic E-state index is 14.9. The first-order valence-corrected chi connectivity index (χ1v) is 15.5. The summed E-state index contributed by atoms with van der Waals surface area (Å²) in [6.07, 6.45) is 5.74. The first-order valence-electron chi connectivity index (χ1n) is 14.6. The van der Waals surface area contributed by atoms with Crippen molar-refractivity contribution < 1.29 is 19.5 Å². The zero-order chi connectivity index (χ0) is 29.4. The van der Waals surface area contributed by atoms with Crippen LogP contribution in [-0.4, -0.2) is 80.9 Å². The number of para-hydroxylation sites is 1. The summed E-state index contributed by atoms with van der Waals surface area (Å²) in [5, 5.41) is 10.5. The van der Waals surface area contributed by atoms with Gasteiger partial charge in [0.2, 0.25) is 11.8 Å². The standard InChI is InChI=1S/C32H45N3O4S/c1-8-16-33(17-9-2)29(37)25-24-14-15-32(40-24)26(25)30(38)35(23(19-36)20(4)5)28(32)31(39)34(18-10-3)27-21(6)12-11-13-22(27)7/h8,10-13,20,23-26,28,36H,1,3,9,14-19H2,2,4-7H3/t23-,24+,25-,26-,28?,32?/m0/s1. The number of hydrogen-bond acceptors (Lipinski definition) is 5. The van der Waals surface area contributed by atoms with Gasteiger partial charge in [-0.25, -0.2) is 0 Å². The molecule has 4 rings (SSSR count). The van der Waals surface area contributed by atoms with Gasteiger partial charge < -0.3 is 19.8 Å². The van der Waals surface area contributed by atoms with E-state index in [0.29, 0.717) is 26.1 Å². The largest absolute Gasteiger partial charge is 0.394 e. The molecule has 2 unspecified atom stereocenters. The fraction of sp³-hybridized carbons (Fsp3) is 0.594. The summed E-state index contributed by atoms with van der Waals surface area (Å²) in [5.41, 5.74) is 2.77. The molecule has 2 bridgehead atoms. The molecule has 3 heterocycles. The molecule has 1 aromatic rings. The average molecular weight is 568 g/mol. The molecule has 0 radical (unpaired) electrons. The van der Waals surface area contributed by atoms with Crippen LogP contribution in [0.15, 0.2) is 43.5 Å². The molecule has 7 nitrogen and oxygen atoms in total. The van der Waals surface area contributed by atoms with Gasteiger partial charge in [-0.1, -0.05) is 51.1 Å². The van der Waals surface area contributed by atoms with Crippen molar-refractivity contribution in [2.75, 3.05) is 31.1 Å². The molecule has 218 valence electrons. The normalized spacial score (nSPS) is 27.6. The van der Waals surface area contributed by atoms with Crippen molar-refractivity contribution in [1.82, 2.24) is 9.80 Å². The van der Waals surface area contributed by atoms with Gasteiger partial charge in [0.1, 0.15) is 6.04 Å². The lowest BCUT2D eigenvalue weighted by Crippen LogP contribution is -2.58. The smallest absolute Gasteiger partial charge is 0.251 e. The summed E-state index contributed by atoms with van der Waals surface area (Å²) in [5.74, 6) is -1.51. The van der Waals surface area contributed by atoms with E-state index in [1.54, 1.807) is 33.7 Å². The highest BCUT2D eigenvalue weighted by Crippen LogP contribution is 2.67. The number of thioether (sulfide) groups is 1. The highest BCUT2D eigenvalue weighted by molar-refractivity contribution is 8.02. The zero-order valence-electron chi connectivity index (χ0n) is 24.6. The molecule has 3 aliphatic rings. The van der Waals surface area contributed by atoms with Gasteiger partial charge in [-0.3, -0.25) is 14.4 Å². The minimum atomic E-state index is -0.782. The molecular formula is C32H45N3O4S. The number of carbonyl (C=O) groups is 3. The number of rotatable bonds is 12. The number of aryl methyl sites for hydroxylation is 2. The molecule has 8 heteroatoms. The van der Waals surface area contributed by atoms with Crippen molar-refractivity contribution in [2.24, 2.45) is 17.8 Å². The maximum absolute atomic E-state index is 14.9. The Kier molecular flexibility index (Phi) is 9.20. The van der Waals surface area contributed by atoms with Crippen LogP contribution in [0.4, 0.5) is 5.69 Å². The van der Waals surface area contributed by atoms with Crippen molar-refractivity contribution in [2.45, 2.75) is 76.0 Å². The average Bonchev–Trinajstić information content (AvgIpc) is 3.55. The van der Waals surface area contributed by atoms with Gasteiger partial charge in [0.25, 0.3) is 5.91 Å². The molecule has 1 aromatic carbocycles. The molecular weight excluding hydrogens is 522 g/mol. The molecule has 3 amide bonds. The summed E-state index contributed by atoms with van der Waals surface area (Å²) >= 11 is 1.67. The van der Waals surface area contributed by atoms with E-state index in [1.165, 1.54) is 0 Å². The van der Waals surface area contributed by atoms with Crippen molar-refractivity contribution in [1.29, 1.82) is 0 Å². The van der Waals surface area contributed by atoms with Gasteiger partial charge in [0.15, 0.2) is 0 Å². The minimum Gasteiger partial charge on any atom is -0.394 e. The van der Waals surface area contributed by atoms with Gasteiger partial charge >= 0.3 is 0 Å². The monoisotopic (exact) mass is 567 g/mol. The van der Waals surface area contributed by atoms with Gasteiger partial charge in [-0.05, 0) is 50.2 Å². The molecule has 1 N–H and O–H groups in total. The molecule has 3 aliphatic heterocycles. The Bertz CT molecular complexity index is 1150. The fourth-order valence-electron chi connectivity index (χ4n) is 7.36. The molecule has 0 aliphatic carbocycles. The van der Waals surface area contributed by atoms with E-state index >= 15 is 0 Å². The number of amides is 3. The van der Waals surface area contributed by atoms with Crippen LogP contribution in [0.5, 0.6) is 0 Å². The number of anilines is 1. The minimum absolute atomic E-state index is 0.0113. The number of likely N-dealkylation sites (tertiary alicyclic amines) is 1. The van der Waals surface area contributed by atoms with E-state index in [4.69, 9.17) is 0 Å². The third kappa shape index (κ3) is 4.81. The fourth-order valence-corrected chi connectivity index (χ4v) is 9.55. The van der Waals surface area contributed by atoms with E-state index < -0.39 is 28.7 Å². The third-order valence-electron chi connectivity index (χ3n) is 9.01. The molecule has 3 fully saturated rings. The van der Waals surface area contributed by atoms with Crippen molar-refractivity contribution >= 4 is 35.2 Å². The van der Waals surface area contributed by atoms with E-state index in [1.807, 2.05) is 57.7 Å². The Morgan fingerprint density at radius 3 is 2.38 bits per heavy atom. The van der Waals surface area contributed by atoms with Crippen LogP contribution in [0, 0.1) is 31.6 Å². The number of carbonyl (C=O) groups excluding carboxylic acids is 3. The molecule has 0 saturated carbocycles. The van der Waals surface area contributed by atoms with Crippen LogP contribution in [0.2, 0.25) is 0 Å². The van der Waals surface area contributed by atoms with Crippen LogP contribution in [0.3, 0.4) is 0 Å². The van der Waals surface area contributed by atoms with Crippen molar-refractivity contribution in [3.8, 4) is 0 Å². The van der Waals surface area contributed by atoms with Crippen LogP contribution in [0.25, 0.3) is 0 Å². The van der Waals surface area contributed by atoms with Crippen molar-refractivity contribution in [3.05, 3.63) is 54.6 Å². The predicted octanol–water partition coefficient (Wildman–Crippen LogP) is 4.36. The summed E-state index contributed by atoms with van der Waals surface area (Å²) in [4.78, 5) is 48.7. The Labute approximate surface area is 243 Å². The van der Waals surface area contributed by atoms with Gasteiger partial charge in [0.05, 0.1) is 29.2 Å². The van der Waals surface area contributed by atoms with Gasteiger partial charge in [-0.15, -0.1) is 24.9 Å². The van der Waals surface area contributed by atoms with Gasteiger partial charge in [-0.2, -0.15) is 0 Å². The third-order valence-corrected chi connectivity index (χ3v) is 11.0. The molecule has 1 spiro atoms. The first kappa shape index (κ1) is 30.4. The lowest BCUT2D eigenvalue weighted by molar-refractivity contribution is -0.146. The van der Waals surface area contributed by atoms with E-state index in [2.05, 4.69) is 13.2 Å². The second-order valence-corrected chi connectivity index (χ2v) is 13.4. The number of hydrogen-bond donors (Lipinski definition) is 1. The highest BCUT2D eigenvalue weighted by Gasteiger charge is 2.74. The van der Waals surface area contributed by atoms with Crippen molar-refractivity contribution in [3.63, 3.8) is 0 Å². The molecule has 3 saturated heterocycles. The molecule has 40 heavy (non-hydrogen) atoms. The van der Waals surface area contributed by atoms with E-state index in [-0.39, 0.29) is 35.5 Å². The van der Waals surface area contributed by atoms with Gasteiger partial charge in [0, 0.05) is 30.6 Å². The lowest BCUT2D eigenvalue weighted by Gasteiger charge is -2.41. The number of aliphatic hydroxyl groups is 1. The summed E-state index contributed by atoms with van der Waals surface area (Å²) in [7, 11) is 0. The SMILES string of the molecule is C=CCN(CCC)C(=O)[C@@H]1[C@H]2C(=O)N([C@@H](CO)C(C)C)C(C(=O)N(CC=C)c3c(C)cccc3C)C23CC[C@H]1S3. The predicted molar refractivity (Wildman–Crippen MR) is 162 cm³/mol. The van der Waals surface area contributed by atoms with Crippen LogP contribution in [-0.2, 0) is 14.4 Å². The van der Waals surface area contributed by atoms with E-state index in [9.17, 15) is 19.5 Å². The number of fused-ring (bicyclic) bond motifs is 1. The number of nitrogens with zero attached hydrogens (tertiary/aromatic N) is 3. The summed E-state index contributed by atoms with van der Waals surface area (Å²) in [6, 6.07) is 4.64. The summed E-state index contributed by atoms with van der Waals surface area (Å²) in [6.45, 7) is 18.8. The Morgan fingerprint density at radius 1 is 1.18 bits per heavy atom. The quantitative estimate of drug-likeness (QED) is 0.380. The molecule has 0 aromatic heterocycles. The number of benzene rings is 1. The Balaban J connectivity index is 1.85. The molecule has 6 atom stereocenters. The highest BCUT2D eigenvalue weighted by atomic mass is 32.2. The zero-order valence-corrected chi connectivity index (χ0v) is 25.5. The van der Waals surface area contributed by atoms with E-state index in [0.717, 1.165) is 29.7 Å². The lowest BCUT2D eigenvalue weighted by atomic mass is 9.70. The van der Waals surface area contributed by atoms with Crippen LogP contribution >= 0.6 is 11.8 Å². The topological polar surface area (TPSA) is 81.2 Å². The maximum Gasteiger partial charge on any atom is 0.251 e. The van der Waals surface area contributed by atoms with Crippen LogP contribution < -0.4 is 4.90 Å². The summed E-state index contributed by atoms with van der Waals surface area (Å²) < 4.78 is -0.719. The second kappa shape index (κ2) is 12.1.